The molecule has 0 bridgehead atoms. The zero-order chi connectivity index (χ0) is 31.0. The number of carbonyl (C=O) groups is 4. The second kappa shape index (κ2) is 11.1. The lowest BCUT2D eigenvalue weighted by Crippen LogP contribution is -2.57. The maximum atomic E-state index is 14.1. The summed E-state index contributed by atoms with van der Waals surface area (Å²) in [5, 5.41) is 4.89. The van der Waals surface area contributed by atoms with Crippen molar-refractivity contribution >= 4 is 35.0 Å². The van der Waals surface area contributed by atoms with Crippen LogP contribution in [0.25, 0.3) is 4.85 Å². The number of likely N-dealkylation sites (tertiary alicyclic amines) is 1. The van der Waals surface area contributed by atoms with Crippen LogP contribution in [0.2, 0.25) is 0 Å². The number of hydrogen-bond acceptors (Lipinski definition) is 4. The van der Waals surface area contributed by atoms with Crippen molar-refractivity contribution in [3.05, 3.63) is 71.3 Å². The Morgan fingerprint density at radius 2 is 1.79 bits per heavy atom. The quantitative estimate of drug-likeness (QED) is 0.309. The van der Waals surface area contributed by atoms with Gasteiger partial charge in [-0.05, 0) is 47.7 Å². The molecule has 4 rings (SSSR count). The van der Waals surface area contributed by atoms with E-state index in [4.69, 9.17) is 6.57 Å². The molecule has 222 valence electrons. The van der Waals surface area contributed by atoms with Gasteiger partial charge in [-0.3, -0.25) is 28.9 Å². The van der Waals surface area contributed by atoms with Gasteiger partial charge in [0, 0.05) is 17.9 Å². The van der Waals surface area contributed by atoms with Crippen molar-refractivity contribution in [3.63, 3.8) is 0 Å². The highest BCUT2D eigenvalue weighted by atomic mass is 19.4. The van der Waals surface area contributed by atoms with Crippen molar-refractivity contribution < 1.29 is 36.7 Å². The molecule has 42 heavy (non-hydrogen) atoms. The number of carbonyl (C=O) groups excluding carboxylic acids is 4. The summed E-state index contributed by atoms with van der Waals surface area (Å²) in [6.45, 7) is 10.5. The largest absolute Gasteiger partial charge is 0.406 e. The van der Waals surface area contributed by atoms with Crippen LogP contribution in [0.15, 0.2) is 48.5 Å². The van der Waals surface area contributed by atoms with Crippen LogP contribution in [0, 0.1) is 17.8 Å². The van der Waals surface area contributed by atoms with Crippen LogP contribution >= 0.6 is 0 Å². The molecular formula is C29H29F4N5O4. The Morgan fingerprint density at radius 3 is 2.38 bits per heavy atom. The molecule has 0 saturated carbocycles. The summed E-state index contributed by atoms with van der Waals surface area (Å²) >= 11 is 0. The van der Waals surface area contributed by atoms with Gasteiger partial charge in [0.15, 0.2) is 0 Å². The average molecular weight is 588 g/mol. The third-order valence-electron chi connectivity index (χ3n) is 7.26. The minimum Gasteiger partial charge on any atom is -0.325 e. The van der Waals surface area contributed by atoms with Crippen LogP contribution in [0.5, 0.6) is 0 Å². The average Bonchev–Trinajstić information content (AvgIpc) is 3.43. The molecule has 2 aromatic carbocycles. The first kappa shape index (κ1) is 30.5. The van der Waals surface area contributed by atoms with Gasteiger partial charge in [-0.2, -0.15) is 13.2 Å². The molecule has 1 spiro atoms. The van der Waals surface area contributed by atoms with Gasteiger partial charge in [-0.15, -0.1) is 0 Å². The molecule has 2 N–H and O–H groups in total. The van der Waals surface area contributed by atoms with Crippen molar-refractivity contribution in [2.75, 3.05) is 23.7 Å². The molecule has 2 aliphatic heterocycles. The molecule has 2 aromatic rings. The fraction of sp³-hybridized carbons (Fsp3) is 0.414. The van der Waals surface area contributed by atoms with E-state index in [1.54, 1.807) is 45.0 Å². The maximum Gasteiger partial charge on any atom is 0.406 e. The number of alkyl halides is 3. The lowest BCUT2D eigenvalue weighted by atomic mass is 9.80. The minimum absolute atomic E-state index is 0.0409. The number of para-hydroxylation sites is 1. The minimum atomic E-state index is -4.99. The van der Waals surface area contributed by atoms with Crippen LogP contribution in [0.4, 0.5) is 28.9 Å². The number of nitrogens with one attached hydrogen (secondary N) is 2. The van der Waals surface area contributed by atoms with Crippen LogP contribution in [-0.4, -0.2) is 64.9 Å². The highest BCUT2D eigenvalue weighted by Gasteiger charge is 2.59. The number of rotatable bonds is 5. The van der Waals surface area contributed by atoms with E-state index >= 15 is 0 Å². The summed E-state index contributed by atoms with van der Waals surface area (Å²) in [5.74, 6) is -5.14. The summed E-state index contributed by atoms with van der Waals surface area (Å²) in [4.78, 5) is 58.1. The zero-order valence-electron chi connectivity index (χ0n) is 23.1. The number of amides is 4. The van der Waals surface area contributed by atoms with E-state index in [1.807, 2.05) is 0 Å². The molecule has 3 atom stereocenters. The van der Waals surface area contributed by atoms with E-state index in [0.29, 0.717) is 11.3 Å². The van der Waals surface area contributed by atoms with Gasteiger partial charge in [0.25, 0.3) is 5.91 Å². The van der Waals surface area contributed by atoms with Gasteiger partial charge in [-0.1, -0.05) is 39.0 Å². The Balaban J connectivity index is 1.71. The molecule has 0 unspecified atom stereocenters. The van der Waals surface area contributed by atoms with Gasteiger partial charge in [0.2, 0.25) is 5.91 Å². The molecule has 2 heterocycles. The summed E-state index contributed by atoms with van der Waals surface area (Å²) in [6.07, 6.45) is -6.56. The first-order valence-electron chi connectivity index (χ1n) is 13.1. The van der Waals surface area contributed by atoms with Crippen molar-refractivity contribution in [2.24, 2.45) is 5.41 Å². The lowest BCUT2D eigenvalue weighted by molar-refractivity contribution is -0.173. The van der Waals surface area contributed by atoms with Crippen molar-refractivity contribution in [3.8, 4) is 0 Å². The van der Waals surface area contributed by atoms with E-state index in [0.717, 1.165) is 29.2 Å². The van der Waals surface area contributed by atoms with Crippen LogP contribution in [0.3, 0.4) is 0 Å². The Bertz CT molecular complexity index is 1450. The fourth-order valence-corrected chi connectivity index (χ4v) is 5.42. The summed E-state index contributed by atoms with van der Waals surface area (Å²) in [5.41, 5.74) is -1.07. The molecule has 9 nitrogen and oxygen atoms in total. The van der Waals surface area contributed by atoms with Gasteiger partial charge >= 0.3 is 24.2 Å². The monoisotopic (exact) mass is 587 g/mol. The first-order chi connectivity index (χ1) is 19.5. The molecule has 1 fully saturated rings. The topological polar surface area (TPSA) is 103 Å². The first-order valence-corrected chi connectivity index (χ1v) is 13.1. The molecule has 4 amide bonds. The number of hydrogen-bond donors (Lipinski definition) is 2. The molecule has 0 aromatic heterocycles. The second-order valence-electron chi connectivity index (χ2n) is 11.7. The van der Waals surface area contributed by atoms with Gasteiger partial charge < -0.3 is 15.5 Å². The predicted octanol–water partition coefficient (Wildman–Crippen LogP) is 4.33. The Kier molecular flexibility index (Phi) is 8.04. The normalized spacial score (nSPS) is 20.5. The molecule has 2 aliphatic rings. The Labute approximate surface area is 239 Å². The highest BCUT2D eigenvalue weighted by Crippen LogP contribution is 2.47. The third-order valence-corrected chi connectivity index (χ3v) is 7.26. The molecule has 13 heteroatoms. The van der Waals surface area contributed by atoms with Crippen LogP contribution in [-0.2, 0) is 24.6 Å². The van der Waals surface area contributed by atoms with Gasteiger partial charge in [-0.25, -0.2) is 11.0 Å². The lowest BCUT2D eigenvalue weighted by Gasteiger charge is -2.36. The number of fused-ring (bicyclic) bond motifs is 2. The summed E-state index contributed by atoms with van der Waals surface area (Å²) in [7, 11) is 0. The number of halogens is 4. The standard InChI is InChI=1S/C29H29F4N5O4/c1-27(2,3)13-21(37(16-29(31,32)33)25(41)23(39)35-18-11-9-17(30)10-12-18)24(40)38-15-28(14-22(38)34-4)19-7-5-6-8-20(19)36-26(28)42/h5-12,21-22H,13-16H2,1-3H3,(H,35,39)(H,36,42)/t21-,22-,28-/m0/s1. The molecule has 0 aliphatic carbocycles. The number of anilines is 2. The fourth-order valence-electron chi connectivity index (χ4n) is 5.42. The van der Waals surface area contributed by atoms with E-state index in [1.165, 1.54) is 0 Å². The number of benzene rings is 2. The van der Waals surface area contributed by atoms with Gasteiger partial charge in [0.1, 0.15) is 23.8 Å². The summed E-state index contributed by atoms with van der Waals surface area (Å²) in [6, 6.07) is 9.21. The van der Waals surface area contributed by atoms with Crippen LogP contribution < -0.4 is 10.6 Å². The van der Waals surface area contributed by atoms with E-state index < -0.39 is 65.2 Å². The Hall–Kier alpha value is -4.47. The Morgan fingerprint density at radius 1 is 1.14 bits per heavy atom. The second-order valence-corrected chi connectivity index (χ2v) is 11.7. The van der Waals surface area contributed by atoms with Crippen molar-refractivity contribution in [1.29, 1.82) is 0 Å². The molecule has 1 saturated heterocycles. The zero-order valence-corrected chi connectivity index (χ0v) is 23.1. The van der Waals surface area contributed by atoms with E-state index in [2.05, 4.69) is 15.5 Å². The molecular weight excluding hydrogens is 558 g/mol. The van der Waals surface area contributed by atoms with Gasteiger partial charge in [0.05, 0.1) is 6.42 Å². The number of nitrogens with zero attached hydrogens (tertiary/aromatic N) is 3. The van der Waals surface area contributed by atoms with Crippen molar-refractivity contribution in [2.45, 2.75) is 57.4 Å². The van der Waals surface area contributed by atoms with Crippen LogP contribution in [0.1, 0.15) is 39.2 Å². The summed E-state index contributed by atoms with van der Waals surface area (Å²) < 4.78 is 54.8. The SMILES string of the molecule is [C-]#[N+][C@@H]1C[C@@]2(CN1C(=O)[C@H](CC(C)(C)C)N(CC(F)(F)F)C(=O)C(=O)Nc1ccc(F)cc1)C(=O)Nc1ccccc12. The molecule has 0 radical (unpaired) electrons. The highest BCUT2D eigenvalue weighted by molar-refractivity contribution is 6.40. The maximum absolute atomic E-state index is 14.1. The van der Waals surface area contributed by atoms with E-state index in [9.17, 15) is 36.7 Å². The predicted molar refractivity (Wildman–Crippen MR) is 144 cm³/mol. The third kappa shape index (κ3) is 6.22. The smallest absolute Gasteiger partial charge is 0.325 e. The van der Waals surface area contributed by atoms with Crippen molar-refractivity contribution in [1.82, 2.24) is 9.80 Å². The van der Waals surface area contributed by atoms with E-state index in [-0.39, 0.29) is 30.0 Å².